The van der Waals surface area contributed by atoms with Crippen molar-refractivity contribution in [2.24, 2.45) is 5.92 Å². The van der Waals surface area contributed by atoms with E-state index in [2.05, 4.69) is 12.2 Å². The van der Waals surface area contributed by atoms with Crippen molar-refractivity contribution in [1.82, 2.24) is 5.32 Å². The second kappa shape index (κ2) is 4.00. The van der Waals surface area contributed by atoms with Gasteiger partial charge in [0.15, 0.2) is 0 Å². The van der Waals surface area contributed by atoms with E-state index in [9.17, 15) is 0 Å². The summed E-state index contributed by atoms with van der Waals surface area (Å²) < 4.78 is 0. The van der Waals surface area contributed by atoms with Crippen LogP contribution in [0.5, 0.6) is 0 Å². The monoisotopic (exact) mass is 181 g/mol. The molecular weight excluding hydrogens is 158 g/mol. The van der Waals surface area contributed by atoms with Crippen molar-refractivity contribution in [2.75, 3.05) is 6.54 Å². The summed E-state index contributed by atoms with van der Waals surface area (Å²) in [7, 11) is 0. The Morgan fingerprint density at radius 2 is 2.00 bits per heavy atom. The highest BCUT2D eigenvalue weighted by atomic mass is 15.0. The summed E-state index contributed by atoms with van der Waals surface area (Å²) in [5.74, 6) is 1.01. The number of hydrogen-bond acceptors (Lipinski definition) is 1. The van der Waals surface area contributed by atoms with Crippen molar-refractivity contribution in [3.63, 3.8) is 0 Å². The predicted molar refractivity (Wildman–Crippen MR) is 56.8 cm³/mol. The number of nitrogens with one attached hydrogen (secondary N) is 1. The summed E-state index contributed by atoms with van der Waals surface area (Å²) in [5, 5.41) is 3.81. The number of hydrogen-bond donors (Lipinski definition) is 1. The van der Waals surface area contributed by atoms with Crippen molar-refractivity contribution in [3.05, 3.63) is 0 Å². The molecule has 2 rings (SSSR count). The van der Waals surface area contributed by atoms with E-state index in [4.69, 9.17) is 0 Å². The Hall–Kier alpha value is -0.0400. The Bertz CT molecular complexity index is 153. The molecule has 1 heteroatoms. The van der Waals surface area contributed by atoms with Crippen LogP contribution in [0.4, 0.5) is 0 Å². The minimum atomic E-state index is 0.575. The van der Waals surface area contributed by atoms with Crippen molar-refractivity contribution >= 4 is 0 Å². The molecule has 1 heterocycles. The molecule has 0 amide bonds. The van der Waals surface area contributed by atoms with Crippen LogP contribution >= 0.6 is 0 Å². The molecule has 2 fully saturated rings. The normalized spacial score (nSPS) is 35.8. The van der Waals surface area contributed by atoms with Crippen molar-refractivity contribution < 1.29 is 0 Å². The zero-order chi connectivity index (χ0) is 9.15. The van der Waals surface area contributed by atoms with E-state index in [-0.39, 0.29) is 0 Å². The van der Waals surface area contributed by atoms with Gasteiger partial charge in [0.2, 0.25) is 0 Å². The van der Waals surface area contributed by atoms with Gasteiger partial charge in [-0.3, -0.25) is 0 Å². The molecule has 1 saturated carbocycles. The fourth-order valence-corrected chi connectivity index (χ4v) is 3.52. The van der Waals surface area contributed by atoms with Crippen molar-refractivity contribution in [1.29, 1.82) is 0 Å². The Balaban J connectivity index is 2.02. The standard InChI is InChI=1S/C12H23N/c1-2-8-12(9-5-10-13-12)11-6-3-4-7-11/h11,13H,2-10H2,1H3. The average molecular weight is 181 g/mol. The molecule has 0 bridgehead atoms. The summed E-state index contributed by atoms with van der Waals surface area (Å²) >= 11 is 0. The molecule has 2 aliphatic rings. The Morgan fingerprint density at radius 3 is 2.54 bits per heavy atom. The first kappa shape index (κ1) is 9.51. The molecule has 1 unspecified atom stereocenters. The summed E-state index contributed by atoms with van der Waals surface area (Å²) in [4.78, 5) is 0. The maximum Gasteiger partial charge on any atom is 0.0210 e. The summed E-state index contributed by atoms with van der Waals surface area (Å²) in [6, 6.07) is 0. The largest absolute Gasteiger partial charge is 0.311 e. The highest BCUT2D eigenvalue weighted by Crippen LogP contribution is 2.41. The van der Waals surface area contributed by atoms with Crippen LogP contribution in [0.3, 0.4) is 0 Å². The van der Waals surface area contributed by atoms with E-state index in [0.717, 1.165) is 5.92 Å². The SMILES string of the molecule is CCCC1(C2CCCC2)CCCN1. The van der Waals surface area contributed by atoms with Gasteiger partial charge < -0.3 is 5.32 Å². The van der Waals surface area contributed by atoms with E-state index >= 15 is 0 Å². The van der Waals surface area contributed by atoms with Gasteiger partial charge in [0.25, 0.3) is 0 Å². The smallest absolute Gasteiger partial charge is 0.0210 e. The Kier molecular flexibility index (Phi) is 2.92. The lowest BCUT2D eigenvalue weighted by atomic mass is 9.78. The molecule has 0 aromatic carbocycles. The average Bonchev–Trinajstić information content (AvgIpc) is 2.73. The molecule has 76 valence electrons. The maximum atomic E-state index is 3.81. The zero-order valence-electron chi connectivity index (χ0n) is 8.94. The topological polar surface area (TPSA) is 12.0 Å². The summed E-state index contributed by atoms with van der Waals surface area (Å²) in [6.45, 7) is 3.60. The fraction of sp³-hybridized carbons (Fsp3) is 1.00. The molecule has 1 nitrogen and oxygen atoms in total. The van der Waals surface area contributed by atoms with Crippen LogP contribution in [0.15, 0.2) is 0 Å². The second-order valence-electron chi connectivity index (χ2n) is 4.92. The number of rotatable bonds is 3. The van der Waals surface area contributed by atoms with Gasteiger partial charge in [-0.2, -0.15) is 0 Å². The lowest BCUT2D eigenvalue weighted by molar-refractivity contribution is 0.221. The van der Waals surface area contributed by atoms with Gasteiger partial charge in [-0.25, -0.2) is 0 Å². The zero-order valence-corrected chi connectivity index (χ0v) is 8.94. The van der Waals surface area contributed by atoms with Crippen LogP contribution in [-0.4, -0.2) is 12.1 Å². The summed E-state index contributed by atoms with van der Waals surface area (Å²) in [6.07, 6.45) is 11.6. The van der Waals surface area contributed by atoms with Crippen LogP contribution in [-0.2, 0) is 0 Å². The lowest BCUT2D eigenvalue weighted by Crippen LogP contribution is -2.45. The van der Waals surface area contributed by atoms with E-state index in [1.165, 1.54) is 57.9 Å². The van der Waals surface area contributed by atoms with E-state index < -0.39 is 0 Å². The summed E-state index contributed by atoms with van der Waals surface area (Å²) in [5.41, 5.74) is 0.575. The molecule has 1 N–H and O–H groups in total. The minimum absolute atomic E-state index is 0.575. The van der Waals surface area contributed by atoms with Gasteiger partial charge >= 0.3 is 0 Å². The first-order chi connectivity index (χ1) is 6.37. The van der Waals surface area contributed by atoms with Gasteiger partial charge in [-0.1, -0.05) is 26.2 Å². The van der Waals surface area contributed by atoms with Gasteiger partial charge in [-0.05, 0) is 44.6 Å². The lowest BCUT2D eigenvalue weighted by Gasteiger charge is -2.36. The third kappa shape index (κ3) is 1.76. The molecule has 0 aromatic heterocycles. The van der Waals surface area contributed by atoms with E-state index in [1.54, 1.807) is 0 Å². The Morgan fingerprint density at radius 1 is 1.23 bits per heavy atom. The molecule has 13 heavy (non-hydrogen) atoms. The van der Waals surface area contributed by atoms with Crippen LogP contribution in [0.1, 0.15) is 58.3 Å². The van der Waals surface area contributed by atoms with Crippen LogP contribution < -0.4 is 5.32 Å². The van der Waals surface area contributed by atoms with Gasteiger partial charge in [-0.15, -0.1) is 0 Å². The van der Waals surface area contributed by atoms with Crippen LogP contribution in [0.2, 0.25) is 0 Å². The van der Waals surface area contributed by atoms with Gasteiger partial charge in [0.1, 0.15) is 0 Å². The van der Waals surface area contributed by atoms with Gasteiger partial charge in [0.05, 0.1) is 0 Å². The highest BCUT2D eigenvalue weighted by Gasteiger charge is 2.40. The second-order valence-corrected chi connectivity index (χ2v) is 4.92. The van der Waals surface area contributed by atoms with Crippen LogP contribution in [0.25, 0.3) is 0 Å². The Labute approximate surface area is 82.3 Å². The van der Waals surface area contributed by atoms with Crippen molar-refractivity contribution in [2.45, 2.75) is 63.8 Å². The molecule has 0 aromatic rings. The predicted octanol–water partition coefficient (Wildman–Crippen LogP) is 3.10. The maximum absolute atomic E-state index is 3.81. The highest BCUT2D eigenvalue weighted by molar-refractivity contribution is 4.99. The molecule has 1 aliphatic heterocycles. The van der Waals surface area contributed by atoms with E-state index in [0.29, 0.717) is 5.54 Å². The molecule has 1 aliphatic carbocycles. The van der Waals surface area contributed by atoms with Crippen molar-refractivity contribution in [3.8, 4) is 0 Å². The quantitative estimate of drug-likeness (QED) is 0.705. The van der Waals surface area contributed by atoms with Gasteiger partial charge in [0, 0.05) is 5.54 Å². The molecule has 0 radical (unpaired) electrons. The minimum Gasteiger partial charge on any atom is -0.311 e. The molecular formula is C12H23N. The third-order valence-electron chi connectivity index (χ3n) is 4.11. The first-order valence-corrected chi connectivity index (χ1v) is 6.12. The third-order valence-corrected chi connectivity index (χ3v) is 4.11. The van der Waals surface area contributed by atoms with E-state index in [1.807, 2.05) is 0 Å². The first-order valence-electron chi connectivity index (χ1n) is 6.12. The molecule has 1 atom stereocenters. The van der Waals surface area contributed by atoms with Crippen LogP contribution in [0, 0.1) is 5.92 Å². The molecule has 0 spiro atoms. The fourth-order valence-electron chi connectivity index (χ4n) is 3.52. The molecule has 1 saturated heterocycles.